The van der Waals surface area contributed by atoms with Crippen LogP contribution in [0.4, 0.5) is 0 Å². The van der Waals surface area contributed by atoms with Crippen LogP contribution in [0.5, 0.6) is 34.5 Å². The van der Waals surface area contributed by atoms with E-state index >= 15 is 0 Å². The van der Waals surface area contributed by atoms with Crippen molar-refractivity contribution in [1.82, 2.24) is 0 Å². The molecule has 0 radical (unpaired) electrons. The Morgan fingerprint density at radius 1 is 0.809 bits per heavy atom. The summed E-state index contributed by atoms with van der Waals surface area (Å²) in [4.78, 5) is 12.4. The molecule has 0 spiro atoms. The van der Waals surface area contributed by atoms with E-state index in [0.717, 1.165) is 5.56 Å². The van der Waals surface area contributed by atoms with Crippen LogP contribution >= 0.6 is 0 Å². The Morgan fingerprint density at radius 3 is 2.21 bits per heavy atom. The average molecular weight is 655 g/mol. The first kappa shape index (κ1) is 33.8. The molecule has 5 rings (SSSR count). The highest BCUT2D eigenvalue weighted by Gasteiger charge is 2.46. The van der Waals surface area contributed by atoms with Gasteiger partial charge in [-0.3, -0.25) is 0 Å². The van der Waals surface area contributed by atoms with Crippen molar-refractivity contribution in [3.05, 3.63) is 77.4 Å². The van der Waals surface area contributed by atoms with Crippen LogP contribution in [-0.4, -0.2) is 98.3 Å². The Balaban J connectivity index is 1.30. The van der Waals surface area contributed by atoms with Crippen LogP contribution in [0.2, 0.25) is 0 Å². The number of aliphatic hydroxyl groups excluding tert-OH is 4. The first-order valence-corrected chi connectivity index (χ1v) is 14.8. The molecule has 0 unspecified atom stereocenters. The molecule has 2 heterocycles. The van der Waals surface area contributed by atoms with Crippen LogP contribution < -0.4 is 28.4 Å². The number of aliphatic hydroxyl groups is 4. The maximum atomic E-state index is 12.4. The van der Waals surface area contributed by atoms with Crippen LogP contribution in [0.3, 0.4) is 0 Å². The van der Waals surface area contributed by atoms with E-state index in [1.54, 1.807) is 61.7 Å². The lowest BCUT2D eigenvalue weighted by molar-refractivity contribution is -0.278. The summed E-state index contributed by atoms with van der Waals surface area (Å²) >= 11 is 0. The first-order valence-electron chi connectivity index (χ1n) is 14.8. The van der Waals surface area contributed by atoms with Crippen LogP contribution in [0, 0.1) is 0 Å². The molecule has 7 atom stereocenters. The zero-order valence-electron chi connectivity index (χ0n) is 26.3. The van der Waals surface area contributed by atoms with Gasteiger partial charge in [-0.2, -0.15) is 0 Å². The van der Waals surface area contributed by atoms with Crippen molar-refractivity contribution in [3.8, 4) is 34.5 Å². The molecule has 47 heavy (non-hydrogen) atoms. The van der Waals surface area contributed by atoms with Gasteiger partial charge in [0.05, 0.1) is 34.5 Å². The number of benzene rings is 3. The SMILES string of the molecule is COc1ccc(/C=C/C(=O)OC[C@H]2O[C@@H](Oc3cc(OC)cc4c3C[C@H](O)[C@@H](c3ccc(OC)c(OC)c3)O4)[C@H](O)[C@@H](O)[C@@H]2O)cc1. The highest BCUT2D eigenvalue weighted by molar-refractivity contribution is 5.87. The van der Waals surface area contributed by atoms with Crippen molar-refractivity contribution in [2.24, 2.45) is 0 Å². The zero-order valence-corrected chi connectivity index (χ0v) is 26.3. The van der Waals surface area contributed by atoms with Crippen molar-refractivity contribution >= 4 is 12.0 Å². The van der Waals surface area contributed by atoms with Gasteiger partial charge in [0.15, 0.2) is 11.5 Å². The lowest BCUT2D eigenvalue weighted by Gasteiger charge is -2.40. The summed E-state index contributed by atoms with van der Waals surface area (Å²) < 4.78 is 44.6. The second-order valence-electron chi connectivity index (χ2n) is 10.9. The van der Waals surface area contributed by atoms with E-state index in [-0.39, 0.29) is 12.2 Å². The van der Waals surface area contributed by atoms with Gasteiger partial charge in [0.1, 0.15) is 60.1 Å². The number of esters is 1. The number of hydrogen-bond acceptors (Lipinski definition) is 13. The maximum absolute atomic E-state index is 12.4. The number of carbonyl (C=O) groups excluding carboxylic acids is 1. The summed E-state index contributed by atoms with van der Waals surface area (Å²) in [5, 5.41) is 43.1. The van der Waals surface area contributed by atoms with Gasteiger partial charge in [-0.1, -0.05) is 18.2 Å². The summed E-state index contributed by atoms with van der Waals surface area (Å²) in [5.74, 6) is 1.80. The summed E-state index contributed by atoms with van der Waals surface area (Å²) in [5.41, 5.74) is 1.83. The van der Waals surface area contributed by atoms with Crippen LogP contribution in [0.1, 0.15) is 22.8 Å². The van der Waals surface area contributed by atoms with Crippen molar-refractivity contribution < 1.29 is 63.1 Å². The van der Waals surface area contributed by atoms with Crippen LogP contribution in [0.25, 0.3) is 6.08 Å². The number of fused-ring (bicyclic) bond motifs is 1. The van der Waals surface area contributed by atoms with E-state index in [9.17, 15) is 25.2 Å². The minimum absolute atomic E-state index is 0.0865. The highest BCUT2D eigenvalue weighted by Crippen LogP contribution is 2.44. The average Bonchev–Trinajstić information content (AvgIpc) is 3.10. The molecule has 252 valence electrons. The van der Waals surface area contributed by atoms with Gasteiger partial charge in [0.25, 0.3) is 0 Å². The summed E-state index contributed by atoms with van der Waals surface area (Å²) in [6.45, 7) is -0.443. The number of ether oxygens (including phenoxy) is 8. The van der Waals surface area contributed by atoms with Gasteiger partial charge >= 0.3 is 5.97 Å². The largest absolute Gasteiger partial charge is 0.497 e. The van der Waals surface area contributed by atoms with E-state index in [1.807, 2.05) is 0 Å². The lowest BCUT2D eigenvalue weighted by Crippen LogP contribution is -2.60. The normalized spacial score (nSPS) is 25.3. The molecule has 2 aliphatic heterocycles. The molecule has 0 aliphatic carbocycles. The fourth-order valence-corrected chi connectivity index (χ4v) is 5.34. The van der Waals surface area contributed by atoms with Gasteiger partial charge < -0.3 is 58.3 Å². The summed E-state index contributed by atoms with van der Waals surface area (Å²) in [6, 6.07) is 15.4. The third-order valence-corrected chi connectivity index (χ3v) is 7.96. The van der Waals surface area contributed by atoms with Gasteiger partial charge in [-0.25, -0.2) is 4.79 Å². The number of rotatable bonds is 11. The van der Waals surface area contributed by atoms with E-state index < -0.39 is 55.5 Å². The number of carbonyl (C=O) groups is 1. The quantitative estimate of drug-likeness (QED) is 0.175. The minimum Gasteiger partial charge on any atom is -0.497 e. The molecule has 0 bridgehead atoms. The van der Waals surface area contributed by atoms with Gasteiger partial charge in [0, 0.05) is 30.2 Å². The Morgan fingerprint density at radius 2 is 1.53 bits per heavy atom. The molecular formula is C34H38O13. The lowest BCUT2D eigenvalue weighted by atomic mass is 9.93. The van der Waals surface area contributed by atoms with Crippen molar-refractivity contribution in [1.29, 1.82) is 0 Å². The molecule has 4 N–H and O–H groups in total. The third kappa shape index (κ3) is 7.56. The molecule has 13 heteroatoms. The second kappa shape index (κ2) is 14.9. The Labute approximate surface area is 271 Å². The highest BCUT2D eigenvalue weighted by atomic mass is 16.7. The molecule has 1 saturated heterocycles. The summed E-state index contributed by atoms with van der Waals surface area (Å²) in [7, 11) is 6.04. The molecular weight excluding hydrogens is 616 g/mol. The van der Waals surface area contributed by atoms with E-state index in [1.165, 1.54) is 33.5 Å². The number of methoxy groups -OCH3 is 4. The zero-order chi connectivity index (χ0) is 33.7. The Bertz CT molecular complexity index is 1560. The summed E-state index contributed by atoms with van der Waals surface area (Å²) in [6.07, 6.45) is -6.64. The predicted octanol–water partition coefficient (Wildman–Crippen LogP) is 2.20. The van der Waals surface area contributed by atoms with Crippen LogP contribution in [-0.2, 0) is 20.7 Å². The van der Waals surface area contributed by atoms with Crippen molar-refractivity contribution in [2.75, 3.05) is 35.0 Å². The standard InChI is InChI=1S/C34H38O13/c1-40-20-9-5-18(6-10-20)7-12-29(36)44-17-28-30(37)31(38)32(39)34(47-28)46-26-15-21(41-2)14-25-22(26)16-23(35)33(45-25)19-8-11-24(42-3)27(13-19)43-4/h5-15,23,28,30-35,37-39H,16-17H2,1-4H3/b12-7+/t23-,28+,30+,31-,32+,33+,34+/m0/s1. The molecule has 0 saturated carbocycles. The molecule has 0 amide bonds. The molecule has 3 aromatic rings. The molecule has 3 aromatic carbocycles. The minimum atomic E-state index is -1.69. The smallest absolute Gasteiger partial charge is 0.330 e. The van der Waals surface area contributed by atoms with Gasteiger partial charge in [-0.15, -0.1) is 0 Å². The first-order chi connectivity index (χ1) is 22.6. The fourth-order valence-electron chi connectivity index (χ4n) is 5.34. The fraction of sp³-hybridized carbons (Fsp3) is 0.382. The maximum Gasteiger partial charge on any atom is 0.330 e. The van der Waals surface area contributed by atoms with Crippen molar-refractivity contribution in [3.63, 3.8) is 0 Å². The van der Waals surface area contributed by atoms with E-state index in [4.69, 9.17) is 37.9 Å². The third-order valence-electron chi connectivity index (χ3n) is 7.96. The van der Waals surface area contributed by atoms with E-state index in [0.29, 0.717) is 39.9 Å². The monoisotopic (exact) mass is 654 g/mol. The van der Waals surface area contributed by atoms with Crippen LogP contribution in [0.15, 0.2) is 60.7 Å². The van der Waals surface area contributed by atoms with Gasteiger partial charge in [0.2, 0.25) is 6.29 Å². The molecule has 2 aliphatic rings. The number of hydrogen-bond donors (Lipinski definition) is 4. The topological polar surface area (TPSA) is 172 Å². The Kier molecular flexibility index (Phi) is 10.7. The van der Waals surface area contributed by atoms with Gasteiger partial charge in [-0.05, 0) is 41.5 Å². The molecule has 13 nitrogen and oxygen atoms in total. The second-order valence-corrected chi connectivity index (χ2v) is 10.9. The predicted molar refractivity (Wildman–Crippen MR) is 166 cm³/mol. The van der Waals surface area contributed by atoms with E-state index in [2.05, 4.69) is 0 Å². The Hall–Kier alpha value is -4.53. The molecule has 1 fully saturated rings. The molecule has 0 aromatic heterocycles. The van der Waals surface area contributed by atoms with Crippen molar-refractivity contribution in [2.45, 2.75) is 49.3 Å².